The molecular weight excluding hydrogens is 355 g/mol. The molecule has 2 aromatic carbocycles. The third-order valence-electron chi connectivity index (χ3n) is 4.56. The Morgan fingerprint density at radius 1 is 1.19 bits per heavy atom. The van der Waals surface area contributed by atoms with Gasteiger partial charge >= 0.3 is 0 Å². The average Bonchev–Trinajstić information content (AvgIpc) is 3.13. The quantitative estimate of drug-likeness (QED) is 0.873. The van der Waals surface area contributed by atoms with Crippen LogP contribution < -0.4 is 5.32 Å². The van der Waals surface area contributed by atoms with E-state index in [1.54, 1.807) is 37.3 Å². The summed E-state index contributed by atoms with van der Waals surface area (Å²) in [7, 11) is -3.73. The average molecular weight is 376 g/mol. The van der Waals surface area contributed by atoms with Gasteiger partial charge in [0.05, 0.1) is 10.9 Å². The molecule has 0 aliphatic carbocycles. The van der Waals surface area contributed by atoms with E-state index < -0.39 is 22.1 Å². The van der Waals surface area contributed by atoms with Crippen molar-refractivity contribution >= 4 is 15.9 Å². The lowest BCUT2D eigenvalue weighted by Gasteiger charge is -2.25. The van der Waals surface area contributed by atoms with Gasteiger partial charge in [-0.2, -0.15) is 4.31 Å². The molecule has 1 saturated heterocycles. The van der Waals surface area contributed by atoms with Crippen LogP contribution >= 0.6 is 0 Å². The summed E-state index contributed by atoms with van der Waals surface area (Å²) >= 11 is 0. The minimum absolute atomic E-state index is 0.179. The van der Waals surface area contributed by atoms with Crippen molar-refractivity contribution in [3.05, 3.63) is 66.0 Å². The highest BCUT2D eigenvalue weighted by molar-refractivity contribution is 7.89. The number of amides is 1. The van der Waals surface area contributed by atoms with E-state index in [0.717, 1.165) is 0 Å². The van der Waals surface area contributed by atoms with Crippen LogP contribution in [0.2, 0.25) is 0 Å². The van der Waals surface area contributed by atoms with Gasteiger partial charge in [0, 0.05) is 6.54 Å². The lowest BCUT2D eigenvalue weighted by Crippen LogP contribution is -2.46. The first kappa shape index (κ1) is 18.5. The van der Waals surface area contributed by atoms with Gasteiger partial charge in [-0.15, -0.1) is 0 Å². The second kappa shape index (κ2) is 7.55. The number of sulfonamides is 1. The Kier molecular flexibility index (Phi) is 5.38. The summed E-state index contributed by atoms with van der Waals surface area (Å²) in [5.41, 5.74) is 0.633. The third kappa shape index (κ3) is 3.78. The van der Waals surface area contributed by atoms with E-state index in [0.29, 0.717) is 24.9 Å². The zero-order valence-corrected chi connectivity index (χ0v) is 15.2. The summed E-state index contributed by atoms with van der Waals surface area (Å²) in [6, 6.07) is 12.9. The van der Waals surface area contributed by atoms with E-state index in [-0.39, 0.29) is 16.6 Å². The Hall–Kier alpha value is -2.25. The molecule has 1 aliphatic rings. The highest BCUT2D eigenvalue weighted by Crippen LogP contribution is 2.26. The molecule has 2 aromatic rings. The fourth-order valence-electron chi connectivity index (χ4n) is 3.19. The largest absolute Gasteiger partial charge is 0.348 e. The molecule has 1 heterocycles. The summed E-state index contributed by atoms with van der Waals surface area (Å²) in [6.07, 6.45) is 1.09. The third-order valence-corrected chi connectivity index (χ3v) is 6.49. The smallest absolute Gasteiger partial charge is 0.243 e. The molecule has 1 amide bonds. The lowest BCUT2D eigenvalue weighted by molar-refractivity contribution is -0.124. The van der Waals surface area contributed by atoms with E-state index in [9.17, 15) is 17.6 Å². The highest BCUT2D eigenvalue weighted by Gasteiger charge is 2.39. The molecule has 2 atom stereocenters. The van der Waals surface area contributed by atoms with Crippen LogP contribution in [0.25, 0.3) is 0 Å². The van der Waals surface area contributed by atoms with Crippen molar-refractivity contribution in [2.75, 3.05) is 6.54 Å². The van der Waals surface area contributed by atoms with Gasteiger partial charge in [0.15, 0.2) is 0 Å². The topological polar surface area (TPSA) is 66.5 Å². The number of carbonyl (C=O) groups excluding carboxylic acids is 1. The standard InChI is InChI=1S/C19H21FN2O3S/c1-14(15-7-5-8-16(20)13-15)21-19(23)18-11-6-12-22(18)26(24,25)17-9-3-2-4-10-17/h2-5,7-10,13-14,18H,6,11-12H2,1H3,(H,21,23)/t14-,18+/m0/s1. The molecule has 26 heavy (non-hydrogen) atoms. The van der Waals surface area contributed by atoms with Gasteiger partial charge in [-0.25, -0.2) is 12.8 Å². The Balaban J connectivity index is 1.76. The Morgan fingerprint density at radius 2 is 1.92 bits per heavy atom. The van der Waals surface area contributed by atoms with Crippen molar-refractivity contribution in [1.82, 2.24) is 9.62 Å². The molecular formula is C19H21FN2O3S. The fraction of sp³-hybridized carbons (Fsp3) is 0.316. The summed E-state index contributed by atoms with van der Waals surface area (Å²) in [5, 5.41) is 2.81. The predicted octanol–water partition coefficient (Wildman–Crippen LogP) is 2.86. The molecule has 1 aliphatic heterocycles. The number of hydrogen-bond acceptors (Lipinski definition) is 3. The predicted molar refractivity (Wildman–Crippen MR) is 96.3 cm³/mol. The van der Waals surface area contributed by atoms with Crippen molar-refractivity contribution in [3.63, 3.8) is 0 Å². The molecule has 0 radical (unpaired) electrons. The molecule has 0 bridgehead atoms. The van der Waals surface area contributed by atoms with Crippen molar-refractivity contribution in [2.24, 2.45) is 0 Å². The van der Waals surface area contributed by atoms with Gasteiger partial charge in [-0.3, -0.25) is 4.79 Å². The molecule has 7 heteroatoms. The van der Waals surface area contributed by atoms with Crippen molar-refractivity contribution in [1.29, 1.82) is 0 Å². The number of halogens is 1. The number of nitrogens with one attached hydrogen (secondary N) is 1. The van der Waals surface area contributed by atoms with Crippen LogP contribution in [-0.4, -0.2) is 31.2 Å². The maximum atomic E-state index is 13.4. The minimum atomic E-state index is -3.73. The molecule has 0 saturated carbocycles. The molecule has 5 nitrogen and oxygen atoms in total. The maximum Gasteiger partial charge on any atom is 0.243 e. The Bertz CT molecular complexity index is 887. The van der Waals surface area contributed by atoms with Crippen LogP contribution in [0.1, 0.15) is 31.4 Å². The summed E-state index contributed by atoms with van der Waals surface area (Å²) in [4.78, 5) is 12.9. The first-order valence-electron chi connectivity index (χ1n) is 8.52. The monoisotopic (exact) mass is 376 g/mol. The Labute approximate surface area is 152 Å². The zero-order valence-electron chi connectivity index (χ0n) is 14.4. The van der Waals surface area contributed by atoms with Gasteiger partial charge in [0.1, 0.15) is 11.9 Å². The molecule has 0 spiro atoms. The van der Waals surface area contributed by atoms with Crippen molar-refractivity contribution in [2.45, 2.75) is 36.7 Å². The fourth-order valence-corrected chi connectivity index (χ4v) is 4.86. The molecule has 0 aromatic heterocycles. The molecule has 1 N–H and O–H groups in total. The normalized spacial score (nSPS) is 19.2. The SMILES string of the molecule is C[C@H](NC(=O)[C@H]1CCCN1S(=O)(=O)c1ccccc1)c1cccc(F)c1. The number of rotatable bonds is 5. The van der Waals surface area contributed by atoms with Crippen LogP contribution in [0, 0.1) is 5.82 Å². The van der Waals surface area contributed by atoms with E-state index >= 15 is 0 Å². The van der Waals surface area contributed by atoms with E-state index in [2.05, 4.69) is 5.32 Å². The number of carbonyl (C=O) groups is 1. The number of benzene rings is 2. The molecule has 0 unspecified atom stereocenters. The summed E-state index contributed by atoms with van der Waals surface area (Å²) < 4.78 is 40.3. The van der Waals surface area contributed by atoms with Crippen molar-refractivity contribution in [3.8, 4) is 0 Å². The highest BCUT2D eigenvalue weighted by atomic mass is 32.2. The van der Waals surface area contributed by atoms with E-state index in [1.807, 2.05) is 0 Å². The van der Waals surface area contributed by atoms with Crippen molar-refractivity contribution < 1.29 is 17.6 Å². The van der Waals surface area contributed by atoms with Gasteiger partial charge in [-0.05, 0) is 49.6 Å². The van der Waals surface area contributed by atoms with Gasteiger partial charge in [0.25, 0.3) is 0 Å². The van der Waals surface area contributed by atoms with E-state index in [4.69, 9.17) is 0 Å². The van der Waals surface area contributed by atoms with Crippen LogP contribution in [0.15, 0.2) is 59.5 Å². The molecule has 3 rings (SSSR count). The number of hydrogen-bond donors (Lipinski definition) is 1. The van der Waals surface area contributed by atoms with Crippen LogP contribution in [0.5, 0.6) is 0 Å². The first-order chi connectivity index (χ1) is 12.4. The first-order valence-corrected chi connectivity index (χ1v) is 9.96. The van der Waals surface area contributed by atoms with Gasteiger partial charge in [0.2, 0.25) is 15.9 Å². The molecule has 138 valence electrons. The second-order valence-electron chi connectivity index (χ2n) is 6.37. The van der Waals surface area contributed by atoms with Gasteiger partial charge < -0.3 is 5.32 Å². The maximum absolute atomic E-state index is 13.4. The summed E-state index contributed by atoms with van der Waals surface area (Å²) in [6.45, 7) is 2.06. The second-order valence-corrected chi connectivity index (χ2v) is 8.26. The lowest BCUT2D eigenvalue weighted by atomic mass is 10.1. The van der Waals surface area contributed by atoms with E-state index in [1.165, 1.54) is 28.6 Å². The van der Waals surface area contributed by atoms with Crippen LogP contribution in [0.3, 0.4) is 0 Å². The summed E-state index contributed by atoms with van der Waals surface area (Å²) in [5.74, 6) is -0.739. The molecule has 1 fully saturated rings. The minimum Gasteiger partial charge on any atom is -0.348 e. The zero-order chi connectivity index (χ0) is 18.7. The van der Waals surface area contributed by atoms with Crippen LogP contribution in [-0.2, 0) is 14.8 Å². The van der Waals surface area contributed by atoms with Crippen LogP contribution in [0.4, 0.5) is 4.39 Å². The Morgan fingerprint density at radius 3 is 2.62 bits per heavy atom. The van der Waals surface area contributed by atoms with Gasteiger partial charge in [-0.1, -0.05) is 30.3 Å². The number of nitrogens with zero attached hydrogens (tertiary/aromatic N) is 1.